The molecule has 1 aliphatic carbocycles. The summed E-state index contributed by atoms with van der Waals surface area (Å²) in [6.45, 7) is 4.62. The van der Waals surface area contributed by atoms with Gasteiger partial charge < -0.3 is 0 Å². The standard InChI is InChI=1S/C5H9I/c1-5(2)3-4(5)6/h4H,3H2,1-2H3/t4-/m1/s1. The van der Waals surface area contributed by atoms with E-state index in [-0.39, 0.29) is 0 Å². The normalized spacial score (nSPS) is 39.5. The van der Waals surface area contributed by atoms with Gasteiger partial charge in [0.15, 0.2) is 0 Å². The predicted molar refractivity (Wildman–Crippen MR) is 36.2 cm³/mol. The van der Waals surface area contributed by atoms with Crippen molar-refractivity contribution in [3.05, 3.63) is 0 Å². The van der Waals surface area contributed by atoms with Crippen LogP contribution in [0.3, 0.4) is 0 Å². The lowest BCUT2D eigenvalue weighted by atomic mass is 10.2. The maximum atomic E-state index is 2.50. The Morgan fingerprint density at radius 3 is 1.83 bits per heavy atom. The largest absolute Gasteiger partial charge is 0.0820 e. The van der Waals surface area contributed by atoms with E-state index in [1.165, 1.54) is 6.42 Å². The molecule has 0 amide bonds. The summed E-state index contributed by atoms with van der Waals surface area (Å²) in [5.74, 6) is 0. The van der Waals surface area contributed by atoms with Crippen molar-refractivity contribution in [2.24, 2.45) is 5.41 Å². The number of alkyl halides is 1. The van der Waals surface area contributed by atoms with Gasteiger partial charge in [0.2, 0.25) is 0 Å². The van der Waals surface area contributed by atoms with Crippen LogP contribution in [0.2, 0.25) is 0 Å². The Hall–Kier alpha value is 0.730. The fourth-order valence-corrected chi connectivity index (χ4v) is 1.54. The van der Waals surface area contributed by atoms with Gasteiger partial charge in [0.1, 0.15) is 0 Å². The van der Waals surface area contributed by atoms with Gasteiger partial charge >= 0.3 is 0 Å². The topological polar surface area (TPSA) is 0 Å². The van der Waals surface area contributed by atoms with Crippen molar-refractivity contribution in [1.82, 2.24) is 0 Å². The van der Waals surface area contributed by atoms with E-state index in [0.29, 0.717) is 5.41 Å². The zero-order chi connectivity index (χ0) is 4.78. The number of halogens is 1. The van der Waals surface area contributed by atoms with Crippen LogP contribution >= 0.6 is 22.6 Å². The molecule has 0 aromatic heterocycles. The molecule has 0 heterocycles. The molecule has 0 aliphatic heterocycles. The molecule has 0 bridgehead atoms. The third-order valence-electron chi connectivity index (χ3n) is 1.39. The molecule has 0 spiro atoms. The highest BCUT2D eigenvalue weighted by atomic mass is 127. The Morgan fingerprint density at radius 2 is 1.83 bits per heavy atom. The molecule has 0 saturated heterocycles. The zero-order valence-corrected chi connectivity index (χ0v) is 6.32. The van der Waals surface area contributed by atoms with E-state index in [4.69, 9.17) is 0 Å². The van der Waals surface area contributed by atoms with E-state index in [2.05, 4.69) is 36.4 Å². The Morgan fingerprint density at radius 1 is 1.67 bits per heavy atom. The first kappa shape index (κ1) is 4.88. The highest BCUT2D eigenvalue weighted by Crippen LogP contribution is 2.50. The second-order valence-electron chi connectivity index (χ2n) is 2.66. The van der Waals surface area contributed by atoms with Crippen molar-refractivity contribution in [3.8, 4) is 0 Å². The van der Waals surface area contributed by atoms with Crippen LogP contribution in [0.5, 0.6) is 0 Å². The summed E-state index contributed by atoms with van der Waals surface area (Å²) in [6, 6.07) is 0. The lowest BCUT2D eigenvalue weighted by molar-refractivity contribution is 0.662. The first-order valence-corrected chi connectivity index (χ1v) is 3.51. The van der Waals surface area contributed by atoms with Crippen LogP contribution in [0.4, 0.5) is 0 Å². The van der Waals surface area contributed by atoms with Gasteiger partial charge in [-0.15, -0.1) is 0 Å². The molecule has 1 saturated carbocycles. The zero-order valence-electron chi connectivity index (χ0n) is 4.16. The van der Waals surface area contributed by atoms with E-state index in [0.717, 1.165) is 3.92 Å². The fraction of sp³-hybridized carbons (Fsp3) is 1.00. The van der Waals surface area contributed by atoms with Crippen LogP contribution in [-0.2, 0) is 0 Å². The molecule has 36 valence electrons. The summed E-state index contributed by atoms with van der Waals surface area (Å²) in [4.78, 5) is 0. The van der Waals surface area contributed by atoms with Crippen LogP contribution in [-0.4, -0.2) is 3.92 Å². The quantitative estimate of drug-likeness (QED) is 0.411. The monoisotopic (exact) mass is 196 g/mol. The van der Waals surface area contributed by atoms with E-state index in [1.54, 1.807) is 0 Å². The third-order valence-corrected chi connectivity index (χ3v) is 3.52. The maximum Gasteiger partial charge on any atom is 0.0167 e. The van der Waals surface area contributed by atoms with Gasteiger partial charge in [-0.25, -0.2) is 0 Å². The molecule has 0 aromatic rings. The van der Waals surface area contributed by atoms with Crippen LogP contribution in [0.1, 0.15) is 20.3 Å². The van der Waals surface area contributed by atoms with Crippen molar-refractivity contribution < 1.29 is 0 Å². The van der Waals surface area contributed by atoms with E-state index < -0.39 is 0 Å². The van der Waals surface area contributed by atoms with Gasteiger partial charge in [0, 0.05) is 3.92 Å². The molecule has 0 N–H and O–H groups in total. The minimum atomic E-state index is 0.695. The highest BCUT2D eigenvalue weighted by molar-refractivity contribution is 14.1. The van der Waals surface area contributed by atoms with E-state index in [1.807, 2.05) is 0 Å². The summed E-state index contributed by atoms with van der Waals surface area (Å²) in [6.07, 6.45) is 1.42. The second-order valence-corrected chi connectivity index (χ2v) is 4.16. The highest BCUT2D eigenvalue weighted by Gasteiger charge is 2.43. The maximum absolute atomic E-state index is 2.50. The van der Waals surface area contributed by atoms with Crippen molar-refractivity contribution in [2.45, 2.75) is 24.2 Å². The predicted octanol–water partition coefficient (Wildman–Crippen LogP) is 2.22. The third kappa shape index (κ3) is 0.695. The molecule has 6 heavy (non-hydrogen) atoms. The molecule has 0 nitrogen and oxygen atoms in total. The van der Waals surface area contributed by atoms with Crippen LogP contribution in [0.15, 0.2) is 0 Å². The van der Waals surface area contributed by atoms with E-state index in [9.17, 15) is 0 Å². The van der Waals surface area contributed by atoms with Gasteiger partial charge in [-0.1, -0.05) is 36.4 Å². The van der Waals surface area contributed by atoms with Crippen molar-refractivity contribution in [3.63, 3.8) is 0 Å². The van der Waals surface area contributed by atoms with Crippen LogP contribution in [0, 0.1) is 5.41 Å². The van der Waals surface area contributed by atoms with Crippen LogP contribution < -0.4 is 0 Å². The first-order chi connectivity index (χ1) is 2.63. The number of hydrogen-bond acceptors (Lipinski definition) is 0. The summed E-state index contributed by atoms with van der Waals surface area (Å²) >= 11 is 2.50. The average Bonchev–Trinajstić information content (AvgIpc) is 1.73. The Kier molecular flexibility index (Phi) is 0.905. The Balaban J connectivity index is 2.41. The van der Waals surface area contributed by atoms with Gasteiger partial charge in [0.25, 0.3) is 0 Å². The van der Waals surface area contributed by atoms with Crippen molar-refractivity contribution in [1.29, 1.82) is 0 Å². The van der Waals surface area contributed by atoms with Crippen molar-refractivity contribution >= 4 is 22.6 Å². The Labute approximate surface area is 52.5 Å². The lowest BCUT2D eigenvalue weighted by Gasteiger charge is -1.90. The molecule has 1 fully saturated rings. The molecular formula is C5H9I. The van der Waals surface area contributed by atoms with Crippen LogP contribution in [0.25, 0.3) is 0 Å². The molecule has 1 heteroatoms. The smallest absolute Gasteiger partial charge is 0.0167 e. The molecule has 0 unspecified atom stereocenters. The SMILES string of the molecule is CC1(C)C[C@H]1I. The first-order valence-electron chi connectivity index (χ1n) is 2.27. The molecule has 0 aromatic carbocycles. The average molecular weight is 196 g/mol. The van der Waals surface area contributed by atoms with Gasteiger partial charge in [-0.3, -0.25) is 0 Å². The molecule has 1 atom stereocenters. The summed E-state index contributed by atoms with van der Waals surface area (Å²) < 4.78 is 0.968. The minimum absolute atomic E-state index is 0.695. The summed E-state index contributed by atoms with van der Waals surface area (Å²) in [5, 5.41) is 0. The van der Waals surface area contributed by atoms with E-state index >= 15 is 0 Å². The van der Waals surface area contributed by atoms with Gasteiger partial charge in [-0.2, -0.15) is 0 Å². The molecule has 1 rings (SSSR count). The minimum Gasteiger partial charge on any atom is -0.0820 e. The summed E-state index contributed by atoms with van der Waals surface area (Å²) in [5.41, 5.74) is 0.695. The molecule has 1 aliphatic rings. The van der Waals surface area contributed by atoms with Gasteiger partial charge in [0.05, 0.1) is 0 Å². The number of rotatable bonds is 0. The Bertz CT molecular complexity index is 66.3. The van der Waals surface area contributed by atoms with Crippen molar-refractivity contribution in [2.75, 3.05) is 0 Å². The lowest BCUT2D eigenvalue weighted by Crippen LogP contribution is -1.84. The second kappa shape index (κ2) is 1.11. The molecule has 0 radical (unpaired) electrons. The molecular weight excluding hydrogens is 187 g/mol. The number of hydrogen-bond donors (Lipinski definition) is 0. The van der Waals surface area contributed by atoms with Gasteiger partial charge in [-0.05, 0) is 11.8 Å². The fourth-order valence-electron chi connectivity index (χ4n) is 0.403. The summed E-state index contributed by atoms with van der Waals surface area (Å²) in [7, 11) is 0.